The molecular formula is C13H20BrNO. The topological polar surface area (TPSA) is 21.3 Å². The number of hydrogen-bond acceptors (Lipinski definition) is 2. The maximum atomic E-state index is 5.21. The Morgan fingerprint density at radius 1 is 1.31 bits per heavy atom. The van der Waals surface area contributed by atoms with Crippen molar-refractivity contribution in [1.82, 2.24) is 0 Å². The molecule has 1 rings (SSSR count). The van der Waals surface area contributed by atoms with Crippen molar-refractivity contribution in [1.29, 1.82) is 0 Å². The maximum absolute atomic E-state index is 5.21. The summed E-state index contributed by atoms with van der Waals surface area (Å²) >= 11 is 3.55. The quantitative estimate of drug-likeness (QED) is 0.901. The molecule has 90 valence electrons. The molecule has 0 amide bonds. The van der Waals surface area contributed by atoms with E-state index in [0.717, 1.165) is 16.7 Å². The Kier molecular flexibility index (Phi) is 4.81. The molecule has 0 bridgehead atoms. The molecule has 0 spiro atoms. The number of nitrogens with one attached hydrogen (secondary N) is 1. The Labute approximate surface area is 107 Å². The van der Waals surface area contributed by atoms with Gasteiger partial charge in [-0.05, 0) is 17.5 Å². The monoisotopic (exact) mass is 285 g/mol. The summed E-state index contributed by atoms with van der Waals surface area (Å²) in [5.41, 5.74) is 2.59. The average Bonchev–Trinajstić information content (AvgIpc) is 2.18. The van der Waals surface area contributed by atoms with Gasteiger partial charge in [-0.25, -0.2) is 0 Å². The molecule has 0 radical (unpaired) electrons. The van der Waals surface area contributed by atoms with Crippen LogP contribution in [0.2, 0.25) is 0 Å². The van der Waals surface area contributed by atoms with E-state index in [2.05, 4.69) is 48.1 Å². The van der Waals surface area contributed by atoms with Gasteiger partial charge in [-0.2, -0.15) is 0 Å². The first kappa shape index (κ1) is 13.5. The van der Waals surface area contributed by atoms with E-state index in [0.29, 0.717) is 6.61 Å². The predicted octanol–water partition coefficient (Wildman–Crippen LogP) is 4.05. The van der Waals surface area contributed by atoms with E-state index >= 15 is 0 Å². The predicted molar refractivity (Wildman–Crippen MR) is 72.8 cm³/mol. The van der Waals surface area contributed by atoms with Crippen LogP contribution < -0.4 is 5.32 Å². The lowest BCUT2D eigenvalue weighted by Crippen LogP contribution is -2.19. The smallest absolute Gasteiger partial charge is 0.0744 e. The maximum Gasteiger partial charge on any atom is 0.0744 e. The molecule has 0 aliphatic rings. The van der Waals surface area contributed by atoms with Gasteiger partial charge in [-0.15, -0.1) is 0 Å². The third-order valence-electron chi connectivity index (χ3n) is 2.22. The molecule has 0 fully saturated rings. The molecule has 16 heavy (non-hydrogen) atoms. The fraction of sp³-hybridized carbons (Fsp3) is 0.538. The first-order chi connectivity index (χ1) is 7.44. The van der Waals surface area contributed by atoms with Crippen LogP contribution in [0.25, 0.3) is 0 Å². The largest absolute Gasteiger partial charge is 0.384 e. The van der Waals surface area contributed by atoms with Crippen LogP contribution in [0.3, 0.4) is 0 Å². The number of benzene rings is 1. The van der Waals surface area contributed by atoms with Crippen LogP contribution in [0.15, 0.2) is 22.7 Å². The summed E-state index contributed by atoms with van der Waals surface area (Å²) in [6.45, 7) is 8.21. The lowest BCUT2D eigenvalue weighted by molar-refractivity contribution is 0.185. The normalized spacial score (nSPS) is 11.6. The Bertz CT molecular complexity index is 344. The SMILES string of the molecule is COCc1c(Br)cccc1NCC(C)(C)C. The number of methoxy groups -OCH3 is 1. The molecule has 0 atom stereocenters. The lowest BCUT2D eigenvalue weighted by Gasteiger charge is -2.21. The van der Waals surface area contributed by atoms with E-state index in [1.165, 1.54) is 5.56 Å². The van der Waals surface area contributed by atoms with Crippen LogP contribution >= 0.6 is 15.9 Å². The van der Waals surface area contributed by atoms with E-state index < -0.39 is 0 Å². The Balaban J connectivity index is 2.82. The van der Waals surface area contributed by atoms with Crippen molar-refractivity contribution in [2.45, 2.75) is 27.4 Å². The molecule has 0 aromatic heterocycles. The summed E-state index contributed by atoms with van der Waals surface area (Å²) in [4.78, 5) is 0. The van der Waals surface area contributed by atoms with Gasteiger partial charge in [-0.3, -0.25) is 0 Å². The van der Waals surface area contributed by atoms with Crippen molar-refractivity contribution in [3.05, 3.63) is 28.2 Å². The highest BCUT2D eigenvalue weighted by Gasteiger charge is 2.12. The van der Waals surface area contributed by atoms with Crippen molar-refractivity contribution in [3.8, 4) is 0 Å². The van der Waals surface area contributed by atoms with Gasteiger partial charge in [0, 0.05) is 29.4 Å². The summed E-state index contributed by atoms with van der Waals surface area (Å²) in [6.07, 6.45) is 0. The van der Waals surface area contributed by atoms with Crippen LogP contribution in [0, 0.1) is 5.41 Å². The zero-order chi connectivity index (χ0) is 12.2. The Morgan fingerprint density at radius 2 is 2.00 bits per heavy atom. The molecule has 0 unspecified atom stereocenters. The first-order valence-electron chi connectivity index (χ1n) is 5.44. The van der Waals surface area contributed by atoms with Gasteiger partial charge in [0.05, 0.1) is 6.61 Å². The second-order valence-electron chi connectivity index (χ2n) is 5.11. The van der Waals surface area contributed by atoms with Crippen molar-refractivity contribution < 1.29 is 4.74 Å². The van der Waals surface area contributed by atoms with E-state index in [4.69, 9.17) is 4.74 Å². The van der Waals surface area contributed by atoms with E-state index in [-0.39, 0.29) is 5.41 Å². The summed E-state index contributed by atoms with van der Waals surface area (Å²) in [6, 6.07) is 6.16. The van der Waals surface area contributed by atoms with Crippen LogP contribution in [0.4, 0.5) is 5.69 Å². The summed E-state index contributed by atoms with van der Waals surface area (Å²) in [5, 5.41) is 3.47. The lowest BCUT2D eigenvalue weighted by atomic mass is 9.96. The molecule has 2 nitrogen and oxygen atoms in total. The van der Waals surface area contributed by atoms with Crippen molar-refractivity contribution in [3.63, 3.8) is 0 Å². The van der Waals surface area contributed by atoms with Crippen molar-refractivity contribution in [2.24, 2.45) is 5.41 Å². The Hall–Kier alpha value is -0.540. The Morgan fingerprint density at radius 3 is 2.56 bits per heavy atom. The number of anilines is 1. The number of rotatable bonds is 4. The van der Waals surface area contributed by atoms with Gasteiger partial charge in [0.2, 0.25) is 0 Å². The van der Waals surface area contributed by atoms with Crippen LogP contribution in [0.1, 0.15) is 26.3 Å². The highest BCUT2D eigenvalue weighted by atomic mass is 79.9. The highest BCUT2D eigenvalue weighted by Crippen LogP contribution is 2.26. The van der Waals surface area contributed by atoms with Gasteiger partial charge < -0.3 is 10.1 Å². The second-order valence-corrected chi connectivity index (χ2v) is 5.97. The van der Waals surface area contributed by atoms with Crippen molar-refractivity contribution >= 4 is 21.6 Å². The molecule has 1 aromatic carbocycles. The second kappa shape index (κ2) is 5.69. The molecular weight excluding hydrogens is 266 g/mol. The van der Waals surface area contributed by atoms with Crippen LogP contribution in [-0.4, -0.2) is 13.7 Å². The van der Waals surface area contributed by atoms with E-state index in [1.54, 1.807) is 7.11 Å². The molecule has 0 aliphatic carbocycles. The zero-order valence-corrected chi connectivity index (χ0v) is 12.0. The van der Waals surface area contributed by atoms with Crippen LogP contribution in [0.5, 0.6) is 0 Å². The minimum absolute atomic E-state index is 0.270. The first-order valence-corrected chi connectivity index (χ1v) is 6.23. The fourth-order valence-electron chi connectivity index (χ4n) is 1.38. The van der Waals surface area contributed by atoms with Gasteiger partial charge in [0.1, 0.15) is 0 Å². The summed E-state index contributed by atoms with van der Waals surface area (Å²) < 4.78 is 6.30. The third kappa shape index (κ3) is 4.14. The zero-order valence-electron chi connectivity index (χ0n) is 10.4. The molecule has 0 aliphatic heterocycles. The molecule has 1 N–H and O–H groups in total. The molecule has 3 heteroatoms. The average molecular weight is 286 g/mol. The molecule has 0 saturated carbocycles. The number of halogens is 1. The fourth-order valence-corrected chi connectivity index (χ4v) is 1.86. The summed E-state index contributed by atoms with van der Waals surface area (Å²) in [5.74, 6) is 0. The molecule has 0 saturated heterocycles. The van der Waals surface area contributed by atoms with Crippen LogP contribution in [-0.2, 0) is 11.3 Å². The highest BCUT2D eigenvalue weighted by molar-refractivity contribution is 9.10. The summed E-state index contributed by atoms with van der Waals surface area (Å²) in [7, 11) is 1.72. The van der Waals surface area contributed by atoms with Gasteiger partial charge in [0.15, 0.2) is 0 Å². The van der Waals surface area contributed by atoms with E-state index in [1.807, 2.05) is 12.1 Å². The van der Waals surface area contributed by atoms with Gasteiger partial charge >= 0.3 is 0 Å². The van der Waals surface area contributed by atoms with Gasteiger partial charge in [-0.1, -0.05) is 42.8 Å². The van der Waals surface area contributed by atoms with E-state index in [9.17, 15) is 0 Å². The number of ether oxygens (including phenoxy) is 1. The van der Waals surface area contributed by atoms with Gasteiger partial charge in [0.25, 0.3) is 0 Å². The molecule has 1 aromatic rings. The number of hydrogen-bond donors (Lipinski definition) is 1. The van der Waals surface area contributed by atoms with Crippen molar-refractivity contribution in [2.75, 3.05) is 19.0 Å². The molecule has 0 heterocycles. The third-order valence-corrected chi connectivity index (χ3v) is 2.96. The minimum Gasteiger partial charge on any atom is -0.384 e. The standard InChI is InChI=1S/C13H20BrNO/c1-13(2,3)9-15-12-7-5-6-11(14)10(12)8-16-4/h5-7,15H,8-9H2,1-4H3. The minimum atomic E-state index is 0.270.